The summed E-state index contributed by atoms with van der Waals surface area (Å²) >= 11 is 5.72. The minimum absolute atomic E-state index is 0.162. The molecular formula is C26H27N3O4S. The van der Waals surface area contributed by atoms with Gasteiger partial charge in [0.2, 0.25) is 0 Å². The van der Waals surface area contributed by atoms with Gasteiger partial charge in [0.15, 0.2) is 5.11 Å². The Morgan fingerprint density at radius 2 is 1.74 bits per heavy atom. The second-order valence-electron chi connectivity index (χ2n) is 7.63. The Morgan fingerprint density at radius 1 is 1.00 bits per heavy atom. The SMILES string of the molecule is CCOc1ccc(NC(=S)N(Cc2ccco2)Cc2cc3cc(OCC)ccc3[nH]c2=O)cc1. The molecule has 0 spiro atoms. The summed E-state index contributed by atoms with van der Waals surface area (Å²) in [5.41, 5.74) is 2.00. The number of H-pyrrole nitrogens is 1. The maximum absolute atomic E-state index is 12.8. The lowest BCUT2D eigenvalue weighted by Crippen LogP contribution is -2.35. The number of hydrogen-bond donors (Lipinski definition) is 2. The van der Waals surface area contributed by atoms with Crippen molar-refractivity contribution in [2.45, 2.75) is 26.9 Å². The van der Waals surface area contributed by atoms with E-state index in [4.69, 9.17) is 26.1 Å². The summed E-state index contributed by atoms with van der Waals surface area (Å²) in [5.74, 6) is 2.29. The van der Waals surface area contributed by atoms with E-state index in [1.165, 1.54) is 0 Å². The van der Waals surface area contributed by atoms with Crippen LogP contribution in [0.25, 0.3) is 10.9 Å². The van der Waals surface area contributed by atoms with Gasteiger partial charge in [0.25, 0.3) is 5.56 Å². The molecule has 0 radical (unpaired) electrons. The molecule has 0 atom stereocenters. The quantitative estimate of drug-likeness (QED) is 0.316. The molecule has 4 rings (SSSR count). The van der Waals surface area contributed by atoms with Gasteiger partial charge in [0, 0.05) is 22.2 Å². The topological polar surface area (TPSA) is 79.7 Å². The van der Waals surface area contributed by atoms with E-state index >= 15 is 0 Å². The number of aromatic amines is 1. The van der Waals surface area contributed by atoms with Crippen molar-refractivity contribution in [2.24, 2.45) is 0 Å². The molecule has 2 aromatic carbocycles. The van der Waals surface area contributed by atoms with Gasteiger partial charge in [-0.05, 0) is 86.7 Å². The summed E-state index contributed by atoms with van der Waals surface area (Å²) in [5, 5.41) is 4.62. The van der Waals surface area contributed by atoms with Crippen LogP contribution >= 0.6 is 12.2 Å². The van der Waals surface area contributed by atoms with Gasteiger partial charge in [-0.15, -0.1) is 0 Å². The third-order valence-corrected chi connectivity index (χ3v) is 5.56. The van der Waals surface area contributed by atoms with Gasteiger partial charge >= 0.3 is 0 Å². The van der Waals surface area contributed by atoms with Crippen LogP contribution in [0, 0.1) is 0 Å². The molecule has 0 amide bonds. The smallest absolute Gasteiger partial charge is 0.253 e. The molecule has 0 aliphatic rings. The first-order chi connectivity index (χ1) is 16.6. The van der Waals surface area contributed by atoms with Crippen molar-refractivity contribution in [1.29, 1.82) is 0 Å². The minimum atomic E-state index is -0.162. The molecular weight excluding hydrogens is 450 g/mol. The van der Waals surface area contributed by atoms with Crippen molar-refractivity contribution in [2.75, 3.05) is 18.5 Å². The Morgan fingerprint density at radius 3 is 2.44 bits per heavy atom. The van der Waals surface area contributed by atoms with Crippen LogP contribution in [0.3, 0.4) is 0 Å². The highest BCUT2D eigenvalue weighted by Gasteiger charge is 2.16. The number of hydrogen-bond acceptors (Lipinski definition) is 5. The lowest BCUT2D eigenvalue weighted by molar-refractivity contribution is 0.340. The fourth-order valence-electron chi connectivity index (χ4n) is 3.60. The van der Waals surface area contributed by atoms with Crippen molar-refractivity contribution in [3.63, 3.8) is 0 Å². The van der Waals surface area contributed by atoms with Crippen molar-refractivity contribution in [3.8, 4) is 11.5 Å². The Kier molecular flexibility index (Phi) is 7.49. The number of fused-ring (bicyclic) bond motifs is 1. The van der Waals surface area contributed by atoms with E-state index in [-0.39, 0.29) is 5.56 Å². The third-order valence-electron chi connectivity index (χ3n) is 5.20. The highest BCUT2D eigenvalue weighted by molar-refractivity contribution is 7.80. The Balaban J connectivity index is 1.59. The lowest BCUT2D eigenvalue weighted by atomic mass is 10.1. The second-order valence-corrected chi connectivity index (χ2v) is 8.02. The number of pyridine rings is 1. The van der Waals surface area contributed by atoms with Crippen LogP contribution in [0.2, 0.25) is 0 Å². The van der Waals surface area contributed by atoms with Gasteiger partial charge in [0.05, 0.1) is 32.6 Å². The number of benzene rings is 2. The second kappa shape index (κ2) is 10.9. The first-order valence-electron chi connectivity index (χ1n) is 11.2. The van der Waals surface area contributed by atoms with E-state index in [1.807, 2.05) is 79.4 Å². The van der Waals surface area contributed by atoms with Crippen LogP contribution < -0.4 is 20.3 Å². The number of ether oxygens (including phenoxy) is 2. The zero-order chi connectivity index (χ0) is 23.9. The molecule has 2 N–H and O–H groups in total. The van der Waals surface area contributed by atoms with Gasteiger partial charge in [-0.1, -0.05) is 0 Å². The van der Waals surface area contributed by atoms with Crippen LogP contribution in [-0.2, 0) is 13.1 Å². The van der Waals surface area contributed by atoms with Crippen LogP contribution in [0.15, 0.2) is 76.1 Å². The summed E-state index contributed by atoms with van der Waals surface area (Å²) in [4.78, 5) is 17.7. The predicted molar refractivity (Wildman–Crippen MR) is 138 cm³/mol. The number of nitrogens with zero attached hydrogens (tertiary/aromatic N) is 1. The highest BCUT2D eigenvalue weighted by Crippen LogP contribution is 2.21. The fourth-order valence-corrected chi connectivity index (χ4v) is 3.85. The average molecular weight is 478 g/mol. The van der Waals surface area contributed by atoms with Crippen molar-refractivity contribution < 1.29 is 13.9 Å². The molecule has 34 heavy (non-hydrogen) atoms. The van der Waals surface area contributed by atoms with Crippen molar-refractivity contribution >= 4 is 33.9 Å². The molecule has 4 aromatic rings. The normalized spacial score (nSPS) is 10.8. The summed E-state index contributed by atoms with van der Waals surface area (Å²) in [6, 6.07) is 18.8. The molecule has 2 heterocycles. The standard InChI is InChI=1S/C26H27N3O4S/c1-3-31-21-9-7-20(8-10-21)27-26(34)29(17-23-6-5-13-33-23)16-19-14-18-15-22(32-4-2)11-12-24(18)28-25(19)30/h5-15H,3-4,16-17H2,1-2H3,(H,27,34)(H,28,30). The lowest BCUT2D eigenvalue weighted by Gasteiger charge is -2.25. The predicted octanol–water partition coefficient (Wildman–Crippen LogP) is 5.32. The zero-order valence-corrected chi connectivity index (χ0v) is 20.0. The molecule has 8 heteroatoms. The summed E-state index contributed by atoms with van der Waals surface area (Å²) in [7, 11) is 0. The summed E-state index contributed by atoms with van der Waals surface area (Å²) in [6.07, 6.45) is 1.62. The molecule has 0 fully saturated rings. The van der Waals surface area contributed by atoms with E-state index in [2.05, 4.69) is 10.3 Å². The van der Waals surface area contributed by atoms with E-state index < -0.39 is 0 Å². The number of anilines is 1. The molecule has 0 bridgehead atoms. The monoisotopic (exact) mass is 477 g/mol. The van der Waals surface area contributed by atoms with Gasteiger partial charge in [-0.25, -0.2) is 0 Å². The van der Waals surface area contributed by atoms with Crippen LogP contribution in [-0.4, -0.2) is 28.2 Å². The number of nitrogens with one attached hydrogen (secondary N) is 2. The number of rotatable bonds is 9. The molecule has 0 saturated heterocycles. The third kappa shape index (κ3) is 5.77. The van der Waals surface area contributed by atoms with Crippen LogP contribution in [0.1, 0.15) is 25.2 Å². The molecule has 0 saturated carbocycles. The molecule has 176 valence electrons. The summed E-state index contributed by atoms with van der Waals surface area (Å²) in [6.45, 7) is 5.77. The zero-order valence-electron chi connectivity index (χ0n) is 19.2. The maximum Gasteiger partial charge on any atom is 0.253 e. The first-order valence-corrected chi connectivity index (χ1v) is 11.6. The van der Waals surface area contributed by atoms with Crippen molar-refractivity contribution in [1.82, 2.24) is 9.88 Å². The number of thiocarbonyl (C=S) groups is 1. The maximum atomic E-state index is 12.8. The Labute approximate surface area is 203 Å². The van der Waals surface area contributed by atoms with Gasteiger partial charge in [0.1, 0.15) is 17.3 Å². The van der Waals surface area contributed by atoms with Gasteiger partial charge in [-0.2, -0.15) is 0 Å². The average Bonchev–Trinajstić information content (AvgIpc) is 3.34. The van der Waals surface area contributed by atoms with Crippen LogP contribution in [0.4, 0.5) is 5.69 Å². The molecule has 7 nitrogen and oxygen atoms in total. The van der Waals surface area contributed by atoms with Gasteiger partial charge in [-0.3, -0.25) is 4.79 Å². The minimum Gasteiger partial charge on any atom is -0.494 e. The number of furan rings is 1. The van der Waals surface area contributed by atoms with E-state index in [1.54, 1.807) is 6.26 Å². The van der Waals surface area contributed by atoms with E-state index in [9.17, 15) is 4.79 Å². The molecule has 0 aliphatic heterocycles. The summed E-state index contributed by atoms with van der Waals surface area (Å²) < 4.78 is 16.7. The van der Waals surface area contributed by atoms with Gasteiger partial charge < -0.3 is 29.1 Å². The molecule has 0 unspecified atom stereocenters. The van der Waals surface area contributed by atoms with E-state index in [0.29, 0.717) is 37.0 Å². The number of aromatic nitrogens is 1. The fraction of sp³-hybridized carbons (Fsp3) is 0.231. The van der Waals surface area contributed by atoms with Crippen molar-refractivity contribution in [3.05, 3.63) is 88.6 Å². The molecule has 0 aliphatic carbocycles. The first kappa shape index (κ1) is 23.4. The molecule has 2 aromatic heterocycles. The highest BCUT2D eigenvalue weighted by atomic mass is 32.1. The Bertz CT molecular complexity index is 1300. The van der Waals surface area contributed by atoms with E-state index in [0.717, 1.165) is 33.8 Å². The largest absolute Gasteiger partial charge is 0.494 e. The Hall–Kier alpha value is -3.78. The van der Waals surface area contributed by atoms with Crippen LogP contribution in [0.5, 0.6) is 11.5 Å².